The van der Waals surface area contributed by atoms with Gasteiger partial charge < -0.3 is 15.3 Å². The fraction of sp³-hybridized carbons (Fsp3) is 0.722. The van der Waals surface area contributed by atoms with Crippen molar-refractivity contribution in [2.24, 2.45) is 0 Å². The highest BCUT2D eigenvalue weighted by Gasteiger charge is 2.08. The third-order valence-electron chi connectivity index (χ3n) is 3.56. The zero-order chi connectivity index (χ0) is 16.6. The average Bonchev–Trinajstić information content (AvgIpc) is 2.47. The Morgan fingerprint density at radius 1 is 0.909 bits per heavy atom. The van der Waals surface area contributed by atoms with E-state index in [1.807, 2.05) is 12.2 Å². The van der Waals surface area contributed by atoms with Crippen LogP contribution in [-0.4, -0.2) is 33.5 Å². The summed E-state index contributed by atoms with van der Waals surface area (Å²) in [7, 11) is 0. The summed E-state index contributed by atoms with van der Waals surface area (Å²) < 4.78 is 0. The maximum atomic E-state index is 10.3. The van der Waals surface area contributed by atoms with E-state index in [0.29, 0.717) is 19.3 Å². The molecule has 0 spiro atoms. The highest BCUT2D eigenvalue weighted by Crippen LogP contribution is 2.13. The number of unbranched alkanes of at least 4 members (excludes halogenated alkanes) is 4. The van der Waals surface area contributed by atoms with Crippen LogP contribution in [0.5, 0.6) is 0 Å². The number of aliphatic hydroxyl groups excluding tert-OH is 2. The second-order valence-corrected chi connectivity index (χ2v) is 5.73. The van der Waals surface area contributed by atoms with Gasteiger partial charge in [0.2, 0.25) is 0 Å². The third-order valence-corrected chi connectivity index (χ3v) is 3.56. The van der Waals surface area contributed by atoms with Crippen molar-refractivity contribution in [2.45, 2.75) is 83.3 Å². The predicted octanol–water partition coefficient (Wildman–Crippen LogP) is 3.83. The average molecular weight is 312 g/mol. The Kier molecular flexibility index (Phi) is 14.0. The van der Waals surface area contributed by atoms with E-state index in [4.69, 9.17) is 5.11 Å². The second-order valence-electron chi connectivity index (χ2n) is 5.73. The number of rotatable bonds is 14. The van der Waals surface area contributed by atoms with E-state index in [1.165, 1.54) is 6.08 Å². The van der Waals surface area contributed by atoms with Crippen molar-refractivity contribution in [3.8, 4) is 0 Å². The molecule has 4 heteroatoms. The molecular formula is C18H32O4. The summed E-state index contributed by atoms with van der Waals surface area (Å²) in [6.45, 7) is 2.06. The van der Waals surface area contributed by atoms with Crippen LogP contribution in [-0.2, 0) is 4.79 Å². The van der Waals surface area contributed by atoms with Crippen LogP contribution in [0, 0.1) is 0 Å². The van der Waals surface area contributed by atoms with Gasteiger partial charge in [-0.3, -0.25) is 0 Å². The molecule has 4 nitrogen and oxygen atoms in total. The lowest BCUT2D eigenvalue weighted by atomic mass is 10.0. The number of hydrogen-bond donors (Lipinski definition) is 3. The highest BCUT2D eigenvalue weighted by molar-refractivity contribution is 5.79. The number of carbonyl (C=O) groups is 1. The van der Waals surface area contributed by atoms with Crippen LogP contribution < -0.4 is 0 Å². The summed E-state index contributed by atoms with van der Waals surface area (Å²) in [5, 5.41) is 28.0. The Morgan fingerprint density at radius 2 is 1.59 bits per heavy atom. The predicted molar refractivity (Wildman–Crippen MR) is 89.8 cm³/mol. The van der Waals surface area contributed by atoms with Crippen LogP contribution in [0.2, 0.25) is 0 Å². The lowest BCUT2D eigenvalue weighted by Crippen LogP contribution is -2.12. The molecule has 0 aromatic heterocycles. The van der Waals surface area contributed by atoms with Crippen molar-refractivity contribution in [1.82, 2.24) is 0 Å². The maximum Gasteiger partial charge on any atom is 0.327 e. The molecule has 0 rings (SSSR count). The molecule has 0 saturated carbocycles. The molecule has 22 heavy (non-hydrogen) atoms. The van der Waals surface area contributed by atoms with Gasteiger partial charge in [0.25, 0.3) is 0 Å². The number of aliphatic carboxylic acids is 1. The molecule has 0 aliphatic rings. The van der Waals surface area contributed by atoms with Crippen molar-refractivity contribution in [3.63, 3.8) is 0 Å². The standard InChI is InChI=1S/C18H32O4/c1-2-3-8-11-16(19)14-15-17(20)12-9-6-4-5-7-10-13-18(21)22/h3,8,10,13,16-17,19-20H,2,4-7,9,11-12,14-15H2,1H3,(H,21,22)/b8-3?,13-10-. The fourth-order valence-electron chi connectivity index (χ4n) is 2.25. The molecule has 0 fully saturated rings. The number of allylic oxidation sites excluding steroid dienone is 2. The minimum atomic E-state index is -0.893. The van der Waals surface area contributed by atoms with Crippen LogP contribution in [0.1, 0.15) is 71.1 Å². The van der Waals surface area contributed by atoms with Crippen LogP contribution in [0.15, 0.2) is 24.3 Å². The number of aliphatic hydroxyl groups is 2. The monoisotopic (exact) mass is 312 g/mol. The second kappa shape index (κ2) is 14.8. The van der Waals surface area contributed by atoms with Gasteiger partial charge in [0, 0.05) is 6.08 Å². The molecule has 0 bridgehead atoms. The minimum Gasteiger partial charge on any atom is -0.478 e. The molecule has 2 atom stereocenters. The van der Waals surface area contributed by atoms with E-state index >= 15 is 0 Å². The van der Waals surface area contributed by atoms with Crippen LogP contribution in [0.25, 0.3) is 0 Å². The first-order valence-electron chi connectivity index (χ1n) is 8.46. The maximum absolute atomic E-state index is 10.3. The Bertz CT molecular complexity index is 323. The van der Waals surface area contributed by atoms with Crippen molar-refractivity contribution in [2.75, 3.05) is 0 Å². The molecule has 0 aliphatic carbocycles. The zero-order valence-corrected chi connectivity index (χ0v) is 13.8. The molecule has 0 saturated heterocycles. The fourth-order valence-corrected chi connectivity index (χ4v) is 2.25. The first-order chi connectivity index (χ1) is 10.6. The molecule has 0 amide bonds. The Labute approximate surface area is 134 Å². The summed E-state index contributed by atoms with van der Waals surface area (Å²) >= 11 is 0. The normalized spacial score (nSPS) is 14.7. The van der Waals surface area contributed by atoms with Gasteiger partial charge in [-0.2, -0.15) is 0 Å². The summed E-state index contributed by atoms with van der Waals surface area (Å²) in [5.74, 6) is -0.893. The topological polar surface area (TPSA) is 77.8 Å². The first kappa shape index (κ1) is 20.9. The van der Waals surface area contributed by atoms with Gasteiger partial charge in [0.1, 0.15) is 0 Å². The van der Waals surface area contributed by atoms with E-state index in [-0.39, 0.29) is 12.2 Å². The van der Waals surface area contributed by atoms with Crippen molar-refractivity contribution in [1.29, 1.82) is 0 Å². The van der Waals surface area contributed by atoms with E-state index in [9.17, 15) is 15.0 Å². The molecule has 128 valence electrons. The van der Waals surface area contributed by atoms with Crippen LogP contribution in [0.3, 0.4) is 0 Å². The third kappa shape index (κ3) is 15.3. The SMILES string of the molecule is CCC=CCC(O)CCC(O)CCCCCC/C=C\C(=O)O. The number of carboxylic acids is 1. The largest absolute Gasteiger partial charge is 0.478 e. The van der Waals surface area contributed by atoms with Gasteiger partial charge in [-0.1, -0.05) is 44.4 Å². The van der Waals surface area contributed by atoms with Crippen molar-refractivity contribution in [3.05, 3.63) is 24.3 Å². The molecule has 0 aliphatic heterocycles. The lowest BCUT2D eigenvalue weighted by molar-refractivity contribution is -0.131. The smallest absolute Gasteiger partial charge is 0.327 e. The highest BCUT2D eigenvalue weighted by atomic mass is 16.4. The molecular weight excluding hydrogens is 280 g/mol. The molecule has 0 heterocycles. The summed E-state index contributed by atoms with van der Waals surface area (Å²) in [6, 6.07) is 0. The molecule has 3 N–H and O–H groups in total. The van der Waals surface area contributed by atoms with Crippen LogP contribution >= 0.6 is 0 Å². The van der Waals surface area contributed by atoms with E-state index in [0.717, 1.165) is 44.9 Å². The van der Waals surface area contributed by atoms with E-state index in [1.54, 1.807) is 6.08 Å². The number of hydrogen-bond acceptors (Lipinski definition) is 3. The first-order valence-corrected chi connectivity index (χ1v) is 8.46. The van der Waals surface area contributed by atoms with Crippen molar-refractivity contribution < 1.29 is 20.1 Å². The molecule has 0 radical (unpaired) electrons. The lowest BCUT2D eigenvalue weighted by Gasteiger charge is -2.13. The van der Waals surface area contributed by atoms with Gasteiger partial charge >= 0.3 is 5.97 Å². The summed E-state index contributed by atoms with van der Waals surface area (Å²) in [4.78, 5) is 10.3. The number of carboxylic acid groups (broad SMARTS) is 1. The summed E-state index contributed by atoms with van der Waals surface area (Å²) in [6.07, 6.45) is 14.9. The summed E-state index contributed by atoms with van der Waals surface area (Å²) in [5.41, 5.74) is 0. The molecule has 0 aromatic carbocycles. The van der Waals surface area contributed by atoms with Gasteiger partial charge in [-0.15, -0.1) is 0 Å². The Hall–Kier alpha value is -1.13. The van der Waals surface area contributed by atoms with Gasteiger partial charge in [0.05, 0.1) is 12.2 Å². The van der Waals surface area contributed by atoms with E-state index in [2.05, 4.69) is 6.92 Å². The Morgan fingerprint density at radius 3 is 2.27 bits per heavy atom. The van der Waals surface area contributed by atoms with Crippen LogP contribution in [0.4, 0.5) is 0 Å². The van der Waals surface area contributed by atoms with E-state index < -0.39 is 5.97 Å². The van der Waals surface area contributed by atoms with Gasteiger partial charge in [0.15, 0.2) is 0 Å². The zero-order valence-electron chi connectivity index (χ0n) is 13.8. The van der Waals surface area contributed by atoms with Gasteiger partial charge in [-0.05, 0) is 44.9 Å². The minimum absolute atomic E-state index is 0.322. The van der Waals surface area contributed by atoms with Gasteiger partial charge in [-0.25, -0.2) is 4.79 Å². The Balaban J connectivity index is 3.44. The quantitative estimate of drug-likeness (QED) is 0.259. The van der Waals surface area contributed by atoms with Crippen molar-refractivity contribution >= 4 is 5.97 Å². The molecule has 2 unspecified atom stereocenters. The molecule has 0 aromatic rings.